The second kappa shape index (κ2) is 6.26. The van der Waals surface area contributed by atoms with Gasteiger partial charge in [0.25, 0.3) is 5.91 Å². The maximum Gasteiger partial charge on any atom is 0.255 e. The fraction of sp³-hybridized carbons (Fsp3) is 0.500. The number of piperidine rings is 1. The van der Waals surface area contributed by atoms with Gasteiger partial charge in [-0.15, -0.1) is 0 Å². The van der Waals surface area contributed by atoms with E-state index in [1.165, 1.54) is 12.1 Å². The molecule has 5 heteroatoms. The zero-order valence-corrected chi connectivity index (χ0v) is 11.8. The lowest BCUT2D eigenvalue weighted by molar-refractivity contribution is 0.0764. The number of nitrogens with one attached hydrogen (secondary N) is 1. The summed E-state index contributed by atoms with van der Waals surface area (Å²) in [5.74, 6) is 0.394. The molecular formula is C14H19ClN2O2. The first-order chi connectivity index (χ1) is 9.08. The number of hydrogen-bond donors (Lipinski definition) is 2. The van der Waals surface area contributed by atoms with Gasteiger partial charge in [-0.1, -0.05) is 11.6 Å². The Kier molecular flexibility index (Phi) is 4.66. The fourth-order valence-corrected chi connectivity index (χ4v) is 2.63. The van der Waals surface area contributed by atoms with Crippen molar-refractivity contribution in [1.82, 2.24) is 10.2 Å². The van der Waals surface area contributed by atoms with E-state index in [9.17, 15) is 9.90 Å². The Morgan fingerprint density at radius 1 is 1.58 bits per heavy atom. The molecule has 2 rings (SSSR count). The predicted molar refractivity (Wildman–Crippen MR) is 75.7 cm³/mol. The average Bonchev–Trinajstić information content (AvgIpc) is 2.42. The predicted octanol–water partition coefficient (Wildman–Crippen LogP) is 2.12. The van der Waals surface area contributed by atoms with Gasteiger partial charge in [-0.05, 0) is 50.0 Å². The van der Waals surface area contributed by atoms with Gasteiger partial charge in [-0.2, -0.15) is 0 Å². The van der Waals surface area contributed by atoms with Crippen molar-refractivity contribution in [3.8, 4) is 5.75 Å². The highest BCUT2D eigenvalue weighted by Gasteiger charge is 2.20. The van der Waals surface area contributed by atoms with Crippen molar-refractivity contribution < 1.29 is 9.90 Å². The highest BCUT2D eigenvalue weighted by atomic mass is 35.5. The van der Waals surface area contributed by atoms with Crippen LogP contribution >= 0.6 is 11.6 Å². The van der Waals surface area contributed by atoms with E-state index in [0.717, 1.165) is 25.9 Å². The highest BCUT2D eigenvalue weighted by molar-refractivity contribution is 6.33. The Hall–Kier alpha value is -1.26. The summed E-state index contributed by atoms with van der Waals surface area (Å²) in [6, 6.07) is 4.44. The molecule has 0 bridgehead atoms. The van der Waals surface area contributed by atoms with Gasteiger partial charge in [0.2, 0.25) is 0 Å². The minimum atomic E-state index is -0.147. The molecule has 104 valence electrons. The number of carbonyl (C=O) groups is 1. The number of phenolic OH excluding ortho intramolecular Hbond substituents is 1. The van der Waals surface area contributed by atoms with Gasteiger partial charge >= 0.3 is 0 Å². The third kappa shape index (κ3) is 3.61. The molecule has 1 amide bonds. The summed E-state index contributed by atoms with van der Waals surface area (Å²) in [4.78, 5) is 14.0. The van der Waals surface area contributed by atoms with Gasteiger partial charge in [0.15, 0.2) is 0 Å². The van der Waals surface area contributed by atoms with Crippen LogP contribution in [-0.2, 0) is 0 Å². The van der Waals surface area contributed by atoms with Crippen LogP contribution in [0.4, 0.5) is 0 Å². The summed E-state index contributed by atoms with van der Waals surface area (Å²) in [6.07, 6.45) is 2.29. The molecule has 0 spiro atoms. The van der Waals surface area contributed by atoms with Crippen molar-refractivity contribution >= 4 is 17.5 Å². The van der Waals surface area contributed by atoms with Crippen molar-refractivity contribution in [2.75, 3.05) is 26.7 Å². The molecule has 1 aromatic carbocycles. The van der Waals surface area contributed by atoms with Crippen molar-refractivity contribution in [1.29, 1.82) is 0 Å². The molecule has 1 fully saturated rings. The van der Waals surface area contributed by atoms with Crippen LogP contribution in [0.25, 0.3) is 0 Å². The second-order valence-electron chi connectivity index (χ2n) is 5.06. The van der Waals surface area contributed by atoms with E-state index < -0.39 is 0 Å². The van der Waals surface area contributed by atoms with Crippen LogP contribution in [-0.4, -0.2) is 42.6 Å². The molecule has 4 nitrogen and oxygen atoms in total. The minimum absolute atomic E-state index is 0.0560. The van der Waals surface area contributed by atoms with Crippen LogP contribution in [0, 0.1) is 5.92 Å². The van der Waals surface area contributed by atoms with E-state index in [2.05, 4.69) is 5.32 Å². The van der Waals surface area contributed by atoms with Crippen LogP contribution in [0.15, 0.2) is 18.2 Å². The number of amides is 1. The molecule has 0 saturated carbocycles. The third-order valence-electron chi connectivity index (χ3n) is 3.46. The molecule has 1 aliphatic heterocycles. The minimum Gasteiger partial charge on any atom is -0.508 e. The van der Waals surface area contributed by atoms with E-state index in [1.807, 2.05) is 0 Å². The van der Waals surface area contributed by atoms with Crippen molar-refractivity contribution in [2.24, 2.45) is 5.92 Å². The summed E-state index contributed by atoms with van der Waals surface area (Å²) in [7, 11) is 1.78. The maximum atomic E-state index is 12.3. The van der Waals surface area contributed by atoms with Gasteiger partial charge in [0.05, 0.1) is 10.6 Å². The van der Waals surface area contributed by atoms with Crippen LogP contribution < -0.4 is 5.32 Å². The number of carbonyl (C=O) groups excluding carboxylic acids is 1. The lowest BCUT2D eigenvalue weighted by Gasteiger charge is -2.27. The van der Waals surface area contributed by atoms with Crippen LogP contribution in [0.3, 0.4) is 0 Å². The van der Waals surface area contributed by atoms with Gasteiger partial charge in [-0.25, -0.2) is 0 Å². The molecule has 2 N–H and O–H groups in total. The molecule has 1 atom stereocenters. The number of hydrogen-bond acceptors (Lipinski definition) is 3. The first-order valence-corrected chi connectivity index (χ1v) is 6.90. The normalized spacial score (nSPS) is 19.2. The van der Waals surface area contributed by atoms with Gasteiger partial charge in [-0.3, -0.25) is 4.79 Å². The zero-order valence-electron chi connectivity index (χ0n) is 11.0. The summed E-state index contributed by atoms with van der Waals surface area (Å²) in [6.45, 7) is 2.72. The molecule has 19 heavy (non-hydrogen) atoms. The number of halogens is 1. The van der Waals surface area contributed by atoms with Gasteiger partial charge < -0.3 is 15.3 Å². The topological polar surface area (TPSA) is 52.6 Å². The Labute approximate surface area is 118 Å². The smallest absolute Gasteiger partial charge is 0.255 e. The molecule has 0 aliphatic carbocycles. The molecule has 1 unspecified atom stereocenters. The second-order valence-corrected chi connectivity index (χ2v) is 5.47. The van der Waals surface area contributed by atoms with Crippen molar-refractivity contribution in [3.05, 3.63) is 28.8 Å². The van der Waals surface area contributed by atoms with Crippen molar-refractivity contribution in [3.63, 3.8) is 0 Å². The van der Waals surface area contributed by atoms with Gasteiger partial charge in [0, 0.05) is 13.6 Å². The van der Waals surface area contributed by atoms with Crippen molar-refractivity contribution in [2.45, 2.75) is 12.8 Å². The highest BCUT2D eigenvalue weighted by Crippen LogP contribution is 2.23. The monoisotopic (exact) mass is 282 g/mol. The SMILES string of the molecule is CN(CC1CCCNC1)C(=O)c1cc(O)ccc1Cl. The summed E-state index contributed by atoms with van der Waals surface area (Å²) in [5, 5.41) is 13.2. The lowest BCUT2D eigenvalue weighted by atomic mass is 9.99. The molecule has 0 radical (unpaired) electrons. The summed E-state index contributed by atoms with van der Waals surface area (Å²) < 4.78 is 0. The zero-order chi connectivity index (χ0) is 13.8. The first kappa shape index (κ1) is 14.2. The number of nitrogens with zero attached hydrogens (tertiary/aromatic N) is 1. The summed E-state index contributed by atoms with van der Waals surface area (Å²) >= 11 is 6.01. The Balaban J connectivity index is 2.03. The maximum absolute atomic E-state index is 12.3. The van der Waals surface area contributed by atoms with Gasteiger partial charge in [0.1, 0.15) is 5.75 Å². The average molecular weight is 283 g/mol. The van der Waals surface area contributed by atoms with E-state index in [0.29, 0.717) is 23.0 Å². The molecule has 1 aromatic rings. The van der Waals surface area contributed by atoms with Crippen LogP contribution in [0.1, 0.15) is 23.2 Å². The molecular weight excluding hydrogens is 264 g/mol. The third-order valence-corrected chi connectivity index (χ3v) is 3.79. The summed E-state index contributed by atoms with van der Waals surface area (Å²) in [5.41, 5.74) is 0.355. The Bertz CT molecular complexity index is 459. The van der Waals surface area contributed by atoms with E-state index >= 15 is 0 Å². The van der Waals surface area contributed by atoms with Crippen LogP contribution in [0.2, 0.25) is 5.02 Å². The Morgan fingerprint density at radius 3 is 3.05 bits per heavy atom. The number of rotatable bonds is 3. The Morgan fingerprint density at radius 2 is 2.37 bits per heavy atom. The molecule has 1 heterocycles. The lowest BCUT2D eigenvalue weighted by Crippen LogP contribution is -2.39. The van der Waals surface area contributed by atoms with E-state index in [4.69, 9.17) is 11.6 Å². The number of phenols is 1. The van der Waals surface area contributed by atoms with Crippen LogP contribution in [0.5, 0.6) is 5.75 Å². The number of aromatic hydroxyl groups is 1. The fourth-order valence-electron chi connectivity index (χ4n) is 2.43. The van der Waals surface area contributed by atoms with E-state index in [-0.39, 0.29) is 11.7 Å². The molecule has 0 aromatic heterocycles. The first-order valence-electron chi connectivity index (χ1n) is 6.52. The standard InChI is InChI=1S/C14H19ClN2O2/c1-17(9-10-3-2-6-16-8-10)14(19)12-7-11(18)4-5-13(12)15/h4-5,7,10,16,18H,2-3,6,8-9H2,1H3. The molecule has 1 saturated heterocycles. The largest absolute Gasteiger partial charge is 0.508 e. The quantitative estimate of drug-likeness (QED) is 0.893. The number of benzene rings is 1. The van der Waals surface area contributed by atoms with E-state index in [1.54, 1.807) is 18.0 Å². The molecule has 1 aliphatic rings.